The van der Waals surface area contributed by atoms with E-state index in [1.165, 1.54) is 12.8 Å². The molecular formula is C12H17NO2S. The van der Waals surface area contributed by atoms with E-state index in [0.29, 0.717) is 10.9 Å². The van der Waals surface area contributed by atoms with Crippen LogP contribution in [0.1, 0.15) is 25.3 Å². The molecule has 0 aliphatic heterocycles. The van der Waals surface area contributed by atoms with E-state index in [4.69, 9.17) is 0 Å². The van der Waals surface area contributed by atoms with E-state index in [2.05, 4.69) is 5.32 Å². The Morgan fingerprint density at radius 2 is 1.88 bits per heavy atom. The summed E-state index contributed by atoms with van der Waals surface area (Å²) in [5.74, 6) is 0.159. The molecule has 0 amide bonds. The summed E-state index contributed by atoms with van der Waals surface area (Å²) in [6.45, 7) is 2.50. The second-order valence-corrected chi connectivity index (χ2v) is 6.48. The smallest absolute Gasteiger partial charge is 0.178 e. The van der Waals surface area contributed by atoms with Crippen LogP contribution in [-0.4, -0.2) is 20.2 Å². The highest BCUT2D eigenvalue weighted by atomic mass is 32.2. The Labute approximate surface area is 96.8 Å². The zero-order valence-corrected chi connectivity index (χ0v) is 10.3. The molecule has 0 aromatic heterocycles. The van der Waals surface area contributed by atoms with Crippen molar-refractivity contribution < 1.29 is 8.42 Å². The van der Waals surface area contributed by atoms with Gasteiger partial charge in [0, 0.05) is 12.6 Å². The lowest BCUT2D eigenvalue weighted by atomic mass is 10.2. The van der Waals surface area contributed by atoms with Crippen LogP contribution in [0, 0.1) is 0 Å². The number of nitrogens with one attached hydrogen (secondary N) is 1. The molecule has 1 saturated carbocycles. The molecule has 0 spiro atoms. The molecule has 1 aromatic carbocycles. The Balaban J connectivity index is 2.03. The Morgan fingerprint density at radius 3 is 2.38 bits per heavy atom. The molecule has 0 radical (unpaired) electrons. The highest BCUT2D eigenvalue weighted by Gasteiger charge is 2.20. The minimum Gasteiger partial charge on any atom is -0.310 e. The van der Waals surface area contributed by atoms with Crippen LogP contribution in [0.25, 0.3) is 0 Å². The summed E-state index contributed by atoms with van der Waals surface area (Å²) in [4.78, 5) is 0.421. The van der Waals surface area contributed by atoms with Crippen LogP contribution in [0.5, 0.6) is 0 Å². The number of hydrogen-bond acceptors (Lipinski definition) is 3. The van der Waals surface area contributed by atoms with Crippen molar-refractivity contribution in [2.24, 2.45) is 0 Å². The third-order valence-corrected chi connectivity index (χ3v) is 4.59. The molecule has 88 valence electrons. The zero-order chi connectivity index (χ0) is 11.6. The van der Waals surface area contributed by atoms with E-state index in [9.17, 15) is 8.42 Å². The van der Waals surface area contributed by atoms with Crippen molar-refractivity contribution in [2.45, 2.75) is 37.2 Å². The molecule has 1 N–H and O–H groups in total. The lowest BCUT2D eigenvalue weighted by Crippen LogP contribution is -2.15. The molecular weight excluding hydrogens is 222 g/mol. The molecule has 1 aliphatic carbocycles. The lowest BCUT2D eigenvalue weighted by molar-refractivity contribution is 0.597. The van der Waals surface area contributed by atoms with Crippen LogP contribution >= 0.6 is 0 Å². The maximum Gasteiger partial charge on any atom is 0.178 e. The van der Waals surface area contributed by atoms with Gasteiger partial charge in [-0.2, -0.15) is 0 Å². The summed E-state index contributed by atoms with van der Waals surface area (Å²) in [6, 6.07) is 7.85. The molecule has 3 nitrogen and oxygen atoms in total. The minimum absolute atomic E-state index is 0.159. The maximum absolute atomic E-state index is 11.6. The zero-order valence-electron chi connectivity index (χ0n) is 9.44. The van der Waals surface area contributed by atoms with Crippen molar-refractivity contribution >= 4 is 9.84 Å². The van der Waals surface area contributed by atoms with Crippen molar-refractivity contribution in [3.63, 3.8) is 0 Å². The first-order chi connectivity index (χ1) is 7.62. The fourth-order valence-corrected chi connectivity index (χ4v) is 2.42. The summed E-state index contributed by atoms with van der Waals surface area (Å²) in [7, 11) is -3.05. The third kappa shape index (κ3) is 2.83. The van der Waals surface area contributed by atoms with Gasteiger partial charge >= 0.3 is 0 Å². The predicted octanol–water partition coefficient (Wildman–Crippen LogP) is 1.73. The van der Waals surface area contributed by atoms with Gasteiger partial charge in [0.05, 0.1) is 10.6 Å². The molecule has 0 saturated heterocycles. The van der Waals surface area contributed by atoms with Gasteiger partial charge in [-0.3, -0.25) is 0 Å². The summed E-state index contributed by atoms with van der Waals surface area (Å²) >= 11 is 0. The Morgan fingerprint density at radius 1 is 1.25 bits per heavy atom. The number of sulfone groups is 1. The molecule has 0 heterocycles. The molecule has 0 unspecified atom stereocenters. The molecule has 1 aromatic rings. The average molecular weight is 239 g/mol. The predicted molar refractivity (Wildman–Crippen MR) is 64.0 cm³/mol. The van der Waals surface area contributed by atoms with E-state index in [1.54, 1.807) is 19.1 Å². The Kier molecular flexibility index (Phi) is 3.30. The van der Waals surface area contributed by atoms with Gasteiger partial charge < -0.3 is 5.32 Å². The van der Waals surface area contributed by atoms with Gasteiger partial charge in [0.25, 0.3) is 0 Å². The van der Waals surface area contributed by atoms with Crippen molar-refractivity contribution in [3.05, 3.63) is 29.8 Å². The summed E-state index contributed by atoms with van der Waals surface area (Å²) < 4.78 is 23.1. The molecule has 0 bridgehead atoms. The largest absolute Gasteiger partial charge is 0.310 e. The molecule has 2 rings (SSSR count). The van der Waals surface area contributed by atoms with E-state index in [1.807, 2.05) is 12.1 Å². The van der Waals surface area contributed by atoms with Crippen molar-refractivity contribution in [1.29, 1.82) is 0 Å². The minimum atomic E-state index is -3.05. The fourth-order valence-electron chi connectivity index (χ4n) is 1.53. The topological polar surface area (TPSA) is 46.2 Å². The molecule has 1 aliphatic rings. The molecule has 0 atom stereocenters. The molecule has 1 fully saturated rings. The van der Waals surface area contributed by atoms with Crippen LogP contribution in [0.4, 0.5) is 0 Å². The van der Waals surface area contributed by atoms with Crippen LogP contribution in [0.3, 0.4) is 0 Å². The lowest BCUT2D eigenvalue weighted by Gasteiger charge is -2.05. The van der Waals surface area contributed by atoms with E-state index in [0.717, 1.165) is 12.1 Å². The van der Waals surface area contributed by atoms with Gasteiger partial charge in [-0.15, -0.1) is 0 Å². The van der Waals surface area contributed by atoms with Crippen LogP contribution in [-0.2, 0) is 16.4 Å². The number of rotatable bonds is 5. The first-order valence-corrected chi connectivity index (χ1v) is 7.32. The molecule has 4 heteroatoms. The maximum atomic E-state index is 11.6. The van der Waals surface area contributed by atoms with Gasteiger partial charge in [-0.25, -0.2) is 8.42 Å². The first-order valence-electron chi connectivity index (χ1n) is 5.67. The van der Waals surface area contributed by atoms with Crippen molar-refractivity contribution in [3.8, 4) is 0 Å². The number of hydrogen-bond donors (Lipinski definition) is 1. The number of benzene rings is 1. The van der Waals surface area contributed by atoms with Crippen LogP contribution in [0.2, 0.25) is 0 Å². The third-order valence-electron chi connectivity index (χ3n) is 2.83. The fraction of sp³-hybridized carbons (Fsp3) is 0.500. The quantitative estimate of drug-likeness (QED) is 0.851. The van der Waals surface area contributed by atoms with Gasteiger partial charge in [0.15, 0.2) is 9.84 Å². The average Bonchev–Trinajstić information content (AvgIpc) is 3.11. The van der Waals surface area contributed by atoms with E-state index >= 15 is 0 Å². The van der Waals surface area contributed by atoms with Crippen molar-refractivity contribution in [2.75, 3.05) is 5.75 Å². The summed E-state index contributed by atoms with van der Waals surface area (Å²) in [5.41, 5.74) is 1.14. The van der Waals surface area contributed by atoms with Gasteiger partial charge in [0.2, 0.25) is 0 Å². The van der Waals surface area contributed by atoms with Crippen molar-refractivity contribution in [1.82, 2.24) is 5.32 Å². The monoisotopic (exact) mass is 239 g/mol. The Hall–Kier alpha value is -0.870. The first kappa shape index (κ1) is 11.6. The second-order valence-electron chi connectivity index (χ2n) is 4.20. The van der Waals surface area contributed by atoms with Gasteiger partial charge in [-0.1, -0.05) is 19.1 Å². The highest BCUT2D eigenvalue weighted by Crippen LogP contribution is 2.19. The van der Waals surface area contributed by atoms with Crippen LogP contribution in [0.15, 0.2) is 29.2 Å². The normalized spacial score (nSPS) is 16.3. The van der Waals surface area contributed by atoms with Crippen LogP contribution < -0.4 is 5.32 Å². The Bertz CT molecular complexity index is 446. The SMILES string of the molecule is CCS(=O)(=O)c1ccc(CNC2CC2)cc1. The summed E-state index contributed by atoms with van der Waals surface area (Å²) in [5, 5.41) is 3.40. The standard InChI is InChI=1S/C12H17NO2S/c1-2-16(14,15)12-7-3-10(4-8-12)9-13-11-5-6-11/h3-4,7-8,11,13H,2,5-6,9H2,1H3. The second kappa shape index (κ2) is 4.55. The molecule has 16 heavy (non-hydrogen) atoms. The van der Waals surface area contributed by atoms with E-state index < -0.39 is 9.84 Å². The van der Waals surface area contributed by atoms with E-state index in [-0.39, 0.29) is 5.75 Å². The van der Waals surface area contributed by atoms with Gasteiger partial charge in [0.1, 0.15) is 0 Å². The van der Waals surface area contributed by atoms with Gasteiger partial charge in [-0.05, 0) is 30.5 Å². The summed E-state index contributed by atoms with van der Waals surface area (Å²) in [6.07, 6.45) is 2.53. The highest BCUT2D eigenvalue weighted by molar-refractivity contribution is 7.91.